The maximum absolute atomic E-state index is 13.4. The van der Waals surface area contributed by atoms with Crippen LogP contribution in [-0.2, 0) is 4.79 Å². The van der Waals surface area contributed by atoms with Crippen LogP contribution in [0.2, 0.25) is 0 Å². The Labute approximate surface area is 228 Å². The van der Waals surface area contributed by atoms with Crippen LogP contribution in [0, 0.1) is 6.92 Å². The number of aryl methyl sites for hydroxylation is 1. The summed E-state index contributed by atoms with van der Waals surface area (Å²) in [5.74, 6) is -3.14. The highest BCUT2D eigenvalue weighted by Gasteiger charge is 2.23. The fourth-order valence-electron chi connectivity index (χ4n) is 3.81. The van der Waals surface area contributed by atoms with Gasteiger partial charge in [0.05, 0.1) is 16.7 Å². The van der Waals surface area contributed by atoms with E-state index >= 15 is 0 Å². The maximum Gasteiger partial charge on any atom is 0.336 e. The molecule has 0 saturated heterocycles. The number of hydrogen-bond donors (Lipinski definition) is 4. The SMILES string of the molecule is Cc1ccc(C(=O)O)cc1NC(=O)C(Sc1ccc(NC(=O)c2ccccc2C(=O)O)cc1)c1ccccc1. The third kappa shape index (κ3) is 6.71. The second kappa shape index (κ2) is 12.1. The molecule has 0 aliphatic carbocycles. The van der Waals surface area contributed by atoms with E-state index in [0.717, 1.165) is 16.0 Å². The summed E-state index contributed by atoms with van der Waals surface area (Å²) in [5.41, 5.74) is 2.40. The summed E-state index contributed by atoms with van der Waals surface area (Å²) in [6.45, 7) is 1.79. The van der Waals surface area contributed by atoms with Crippen LogP contribution in [0.3, 0.4) is 0 Å². The van der Waals surface area contributed by atoms with Gasteiger partial charge in [0.25, 0.3) is 5.91 Å². The number of nitrogens with one attached hydrogen (secondary N) is 2. The molecule has 2 amide bonds. The molecular formula is C30H24N2O6S. The number of amides is 2. The summed E-state index contributed by atoms with van der Waals surface area (Å²) in [6.07, 6.45) is 0. The van der Waals surface area contributed by atoms with Gasteiger partial charge in [0, 0.05) is 16.3 Å². The van der Waals surface area contributed by atoms with Crippen LogP contribution in [0.5, 0.6) is 0 Å². The lowest BCUT2D eigenvalue weighted by molar-refractivity contribution is -0.115. The van der Waals surface area contributed by atoms with Gasteiger partial charge in [0.15, 0.2) is 0 Å². The number of anilines is 2. The normalized spacial score (nSPS) is 11.3. The zero-order valence-electron chi connectivity index (χ0n) is 20.8. The van der Waals surface area contributed by atoms with Crippen molar-refractivity contribution < 1.29 is 29.4 Å². The first-order chi connectivity index (χ1) is 18.7. The Bertz CT molecular complexity index is 1540. The van der Waals surface area contributed by atoms with Crippen molar-refractivity contribution in [3.63, 3.8) is 0 Å². The predicted molar refractivity (Wildman–Crippen MR) is 150 cm³/mol. The van der Waals surface area contributed by atoms with Crippen LogP contribution in [0.4, 0.5) is 11.4 Å². The second-order valence-corrected chi connectivity index (χ2v) is 9.74. The van der Waals surface area contributed by atoms with E-state index < -0.39 is 23.1 Å². The summed E-state index contributed by atoms with van der Waals surface area (Å²) in [5, 5.41) is 23.6. The summed E-state index contributed by atoms with van der Waals surface area (Å²) in [6, 6.07) is 26.6. The standard InChI is InChI=1S/C30H24N2O6S/c1-18-11-12-20(29(35)36)17-25(18)32-28(34)26(19-7-3-2-4-8-19)39-22-15-13-21(14-16-22)31-27(33)23-9-5-6-10-24(23)30(37)38/h2-17,26H,1H3,(H,31,33)(H,32,34)(H,35,36)(H,37,38). The van der Waals surface area contributed by atoms with Crippen LogP contribution in [0.25, 0.3) is 0 Å². The predicted octanol–water partition coefficient (Wildman–Crippen LogP) is 6.12. The number of carboxylic acid groups (broad SMARTS) is 2. The van der Waals surface area contributed by atoms with Gasteiger partial charge < -0.3 is 20.8 Å². The molecule has 4 N–H and O–H groups in total. The van der Waals surface area contributed by atoms with Crippen LogP contribution >= 0.6 is 11.8 Å². The van der Waals surface area contributed by atoms with Crippen molar-refractivity contribution in [3.05, 3.63) is 125 Å². The summed E-state index contributed by atoms with van der Waals surface area (Å²) in [7, 11) is 0. The minimum Gasteiger partial charge on any atom is -0.478 e. The highest BCUT2D eigenvalue weighted by Crippen LogP contribution is 2.37. The first kappa shape index (κ1) is 27.2. The highest BCUT2D eigenvalue weighted by atomic mass is 32.2. The van der Waals surface area contributed by atoms with E-state index in [1.54, 1.807) is 49.4 Å². The molecule has 1 atom stereocenters. The van der Waals surface area contributed by atoms with E-state index in [-0.39, 0.29) is 22.6 Å². The van der Waals surface area contributed by atoms with Gasteiger partial charge in [0.1, 0.15) is 5.25 Å². The Morgan fingerprint density at radius 1 is 0.718 bits per heavy atom. The molecule has 0 aromatic heterocycles. The Morgan fingerprint density at radius 2 is 1.36 bits per heavy atom. The molecule has 8 nitrogen and oxygen atoms in total. The summed E-state index contributed by atoms with van der Waals surface area (Å²) >= 11 is 1.30. The number of carbonyl (C=O) groups is 4. The van der Waals surface area contributed by atoms with Crippen LogP contribution in [-0.4, -0.2) is 34.0 Å². The monoisotopic (exact) mass is 540 g/mol. The van der Waals surface area contributed by atoms with Gasteiger partial charge in [-0.3, -0.25) is 9.59 Å². The van der Waals surface area contributed by atoms with Crippen molar-refractivity contribution in [1.82, 2.24) is 0 Å². The van der Waals surface area contributed by atoms with Crippen molar-refractivity contribution in [2.45, 2.75) is 17.1 Å². The Kier molecular flexibility index (Phi) is 8.43. The molecule has 4 aromatic rings. The fraction of sp³-hybridized carbons (Fsp3) is 0.0667. The molecule has 0 bridgehead atoms. The van der Waals surface area contributed by atoms with Crippen LogP contribution in [0.15, 0.2) is 102 Å². The fourth-order valence-corrected chi connectivity index (χ4v) is 4.83. The average molecular weight is 541 g/mol. The number of aromatic carboxylic acids is 2. The Morgan fingerprint density at radius 3 is 2.00 bits per heavy atom. The molecule has 0 heterocycles. The van der Waals surface area contributed by atoms with Crippen molar-refractivity contribution in [3.8, 4) is 0 Å². The molecule has 0 aliphatic rings. The third-order valence-electron chi connectivity index (χ3n) is 5.85. The Balaban J connectivity index is 1.53. The van der Waals surface area contributed by atoms with Crippen LogP contribution in [0.1, 0.15) is 47.5 Å². The van der Waals surface area contributed by atoms with Crippen LogP contribution < -0.4 is 10.6 Å². The quantitative estimate of drug-likeness (QED) is 0.188. The average Bonchev–Trinajstić information content (AvgIpc) is 2.94. The molecule has 39 heavy (non-hydrogen) atoms. The number of thioether (sulfide) groups is 1. The van der Waals surface area contributed by atoms with E-state index in [1.807, 2.05) is 30.3 Å². The number of rotatable bonds is 9. The van der Waals surface area contributed by atoms with Crippen molar-refractivity contribution in [2.75, 3.05) is 10.6 Å². The molecule has 1 unspecified atom stereocenters. The lowest BCUT2D eigenvalue weighted by atomic mass is 10.1. The highest BCUT2D eigenvalue weighted by molar-refractivity contribution is 8.00. The zero-order chi connectivity index (χ0) is 27.9. The smallest absolute Gasteiger partial charge is 0.336 e. The van der Waals surface area contributed by atoms with Crippen molar-refractivity contribution >= 4 is 46.9 Å². The molecule has 0 spiro atoms. The van der Waals surface area contributed by atoms with Gasteiger partial charge in [-0.2, -0.15) is 0 Å². The first-order valence-corrected chi connectivity index (χ1v) is 12.7. The minimum atomic E-state index is -1.19. The van der Waals surface area contributed by atoms with Gasteiger partial charge in [-0.25, -0.2) is 9.59 Å². The van der Waals surface area contributed by atoms with Crippen molar-refractivity contribution in [1.29, 1.82) is 0 Å². The number of carbonyl (C=O) groups excluding carboxylic acids is 2. The molecule has 196 valence electrons. The summed E-state index contributed by atoms with van der Waals surface area (Å²) < 4.78 is 0. The van der Waals surface area contributed by atoms with E-state index in [1.165, 1.54) is 36.0 Å². The van der Waals surface area contributed by atoms with Gasteiger partial charge in [0.2, 0.25) is 5.91 Å². The number of hydrogen-bond acceptors (Lipinski definition) is 5. The largest absolute Gasteiger partial charge is 0.478 e. The minimum absolute atomic E-state index is 0.0477. The van der Waals surface area contributed by atoms with E-state index in [4.69, 9.17) is 0 Å². The van der Waals surface area contributed by atoms with Gasteiger partial charge in [-0.05, 0) is 66.6 Å². The van der Waals surface area contributed by atoms with Gasteiger partial charge >= 0.3 is 11.9 Å². The number of carboxylic acids is 2. The van der Waals surface area contributed by atoms with E-state index in [9.17, 15) is 29.4 Å². The number of benzene rings is 4. The van der Waals surface area contributed by atoms with E-state index in [0.29, 0.717) is 11.4 Å². The zero-order valence-corrected chi connectivity index (χ0v) is 21.6. The molecule has 4 rings (SSSR count). The lowest BCUT2D eigenvalue weighted by Crippen LogP contribution is -2.20. The van der Waals surface area contributed by atoms with E-state index in [2.05, 4.69) is 10.6 Å². The van der Waals surface area contributed by atoms with Gasteiger partial charge in [-0.15, -0.1) is 11.8 Å². The topological polar surface area (TPSA) is 133 Å². The molecule has 0 radical (unpaired) electrons. The third-order valence-corrected chi connectivity index (χ3v) is 7.12. The first-order valence-electron chi connectivity index (χ1n) is 11.8. The summed E-state index contributed by atoms with van der Waals surface area (Å²) in [4.78, 5) is 49.7. The molecule has 0 fully saturated rings. The molecule has 0 aliphatic heterocycles. The molecular weight excluding hydrogens is 516 g/mol. The molecule has 4 aromatic carbocycles. The lowest BCUT2D eigenvalue weighted by Gasteiger charge is -2.18. The Hall–Kier alpha value is -4.89. The molecule has 9 heteroatoms. The maximum atomic E-state index is 13.4. The van der Waals surface area contributed by atoms with Gasteiger partial charge in [-0.1, -0.05) is 48.5 Å². The second-order valence-electron chi connectivity index (χ2n) is 8.56. The molecule has 0 saturated carbocycles. The van der Waals surface area contributed by atoms with Crippen molar-refractivity contribution in [2.24, 2.45) is 0 Å².